The molecule has 1 fully saturated rings. The number of hydrogen-bond acceptors (Lipinski definition) is 4. The first kappa shape index (κ1) is 14.7. The quantitative estimate of drug-likeness (QED) is 0.700. The van der Waals surface area contributed by atoms with Crippen LogP contribution in [0.15, 0.2) is 58.9 Å². The number of aromatic nitrogens is 1. The molecule has 0 saturated heterocycles. The van der Waals surface area contributed by atoms with E-state index >= 15 is 0 Å². The molecule has 1 aliphatic carbocycles. The fourth-order valence-corrected chi connectivity index (χ4v) is 4.68. The second kappa shape index (κ2) is 6.34. The average molecular weight is 340 g/mol. The van der Waals surface area contributed by atoms with E-state index in [1.165, 1.54) is 0 Å². The summed E-state index contributed by atoms with van der Waals surface area (Å²) in [6, 6.07) is 18.4. The van der Waals surface area contributed by atoms with Crippen LogP contribution in [-0.2, 0) is 4.79 Å². The molecule has 3 aromatic rings. The first-order valence-corrected chi connectivity index (χ1v) is 9.37. The van der Waals surface area contributed by atoms with E-state index in [9.17, 15) is 4.79 Å². The van der Waals surface area contributed by atoms with Crippen LogP contribution in [0.5, 0.6) is 0 Å². The molecule has 1 heterocycles. The summed E-state index contributed by atoms with van der Waals surface area (Å²) in [6.07, 6.45) is 2.19. The number of rotatable bonds is 5. The first-order valence-electron chi connectivity index (χ1n) is 7.67. The maximum absolute atomic E-state index is 12.7. The average Bonchev–Trinajstić information content (AvgIpc) is 3.29. The third-order valence-electron chi connectivity index (χ3n) is 3.76. The number of para-hydroxylation sites is 1. The third kappa shape index (κ3) is 3.41. The van der Waals surface area contributed by atoms with Crippen molar-refractivity contribution in [2.24, 2.45) is 0 Å². The van der Waals surface area contributed by atoms with Crippen LogP contribution in [0, 0.1) is 0 Å². The van der Waals surface area contributed by atoms with Crippen LogP contribution in [-0.4, -0.2) is 16.9 Å². The van der Waals surface area contributed by atoms with Crippen molar-refractivity contribution in [2.75, 3.05) is 0 Å². The molecule has 1 amide bonds. The predicted molar refractivity (Wildman–Crippen MR) is 95.8 cm³/mol. The second-order valence-electron chi connectivity index (χ2n) is 5.64. The van der Waals surface area contributed by atoms with Gasteiger partial charge in [-0.2, -0.15) is 0 Å². The second-order valence-corrected chi connectivity index (χ2v) is 8.02. The Balaban J connectivity index is 1.62. The molecule has 3 nitrogen and oxygen atoms in total. The molecule has 1 aromatic heterocycles. The molecule has 5 heteroatoms. The molecule has 0 bridgehead atoms. The summed E-state index contributed by atoms with van der Waals surface area (Å²) < 4.78 is 2.09. The molecule has 1 aliphatic rings. The Hall–Kier alpha value is -1.85. The summed E-state index contributed by atoms with van der Waals surface area (Å²) in [7, 11) is 0. The summed E-state index contributed by atoms with van der Waals surface area (Å²) in [5.74, 6) is 0.0861. The van der Waals surface area contributed by atoms with Crippen molar-refractivity contribution in [3.8, 4) is 0 Å². The van der Waals surface area contributed by atoms with E-state index in [0.29, 0.717) is 6.04 Å². The first-order chi connectivity index (χ1) is 11.3. The van der Waals surface area contributed by atoms with Gasteiger partial charge in [-0.15, -0.1) is 11.3 Å². The zero-order chi connectivity index (χ0) is 15.6. The van der Waals surface area contributed by atoms with E-state index in [-0.39, 0.29) is 11.2 Å². The molecule has 0 unspecified atom stereocenters. The number of thioether (sulfide) groups is 1. The van der Waals surface area contributed by atoms with Crippen LogP contribution < -0.4 is 5.32 Å². The molecule has 4 rings (SSSR count). The molecule has 1 atom stereocenters. The molecular weight excluding hydrogens is 324 g/mol. The van der Waals surface area contributed by atoms with Gasteiger partial charge in [0, 0.05) is 6.04 Å². The molecule has 0 aliphatic heterocycles. The van der Waals surface area contributed by atoms with E-state index < -0.39 is 0 Å². The van der Waals surface area contributed by atoms with Gasteiger partial charge < -0.3 is 5.32 Å². The van der Waals surface area contributed by atoms with Crippen LogP contribution in [0.3, 0.4) is 0 Å². The maximum Gasteiger partial charge on any atom is 0.238 e. The van der Waals surface area contributed by atoms with Gasteiger partial charge in [0.15, 0.2) is 4.34 Å². The topological polar surface area (TPSA) is 42.0 Å². The number of carbonyl (C=O) groups excluding carboxylic acids is 1. The Labute approximate surface area is 143 Å². The SMILES string of the molecule is O=C(NC1CC1)[C@@H](Sc1nc2ccccc2s1)c1ccccc1. The van der Waals surface area contributed by atoms with Gasteiger partial charge in [-0.05, 0) is 30.5 Å². The number of amides is 1. The van der Waals surface area contributed by atoms with Crippen molar-refractivity contribution >= 4 is 39.2 Å². The highest BCUT2D eigenvalue weighted by atomic mass is 32.2. The highest BCUT2D eigenvalue weighted by Crippen LogP contribution is 2.39. The van der Waals surface area contributed by atoms with Crippen LogP contribution in [0.2, 0.25) is 0 Å². The van der Waals surface area contributed by atoms with Crippen molar-refractivity contribution in [1.29, 1.82) is 0 Å². The third-order valence-corrected chi connectivity index (χ3v) is 6.14. The van der Waals surface area contributed by atoms with Crippen LogP contribution in [0.4, 0.5) is 0 Å². The molecule has 116 valence electrons. The van der Waals surface area contributed by atoms with E-state index in [2.05, 4.69) is 16.4 Å². The van der Waals surface area contributed by atoms with Gasteiger partial charge in [0.25, 0.3) is 0 Å². The zero-order valence-corrected chi connectivity index (χ0v) is 14.1. The van der Waals surface area contributed by atoms with Gasteiger partial charge in [0.2, 0.25) is 5.91 Å². The van der Waals surface area contributed by atoms with E-state index in [0.717, 1.165) is 33.0 Å². The van der Waals surface area contributed by atoms with Gasteiger partial charge in [-0.25, -0.2) is 4.98 Å². The lowest BCUT2D eigenvalue weighted by atomic mass is 10.1. The van der Waals surface area contributed by atoms with Gasteiger partial charge in [0.05, 0.1) is 10.2 Å². The number of fused-ring (bicyclic) bond motifs is 1. The van der Waals surface area contributed by atoms with Crippen molar-refractivity contribution in [1.82, 2.24) is 10.3 Å². The molecular formula is C18H16N2OS2. The smallest absolute Gasteiger partial charge is 0.238 e. The zero-order valence-electron chi connectivity index (χ0n) is 12.4. The fraction of sp³-hybridized carbons (Fsp3) is 0.222. The predicted octanol–water partition coefficient (Wildman–Crippen LogP) is 4.41. The lowest BCUT2D eigenvalue weighted by Gasteiger charge is -2.15. The highest BCUT2D eigenvalue weighted by molar-refractivity contribution is 8.02. The monoisotopic (exact) mass is 340 g/mol. The molecule has 0 spiro atoms. The lowest BCUT2D eigenvalue weighted by molar-refractivity contribution is -0.120. The van der Waals surface area contributed by atoms with Crippen molar-refractivity contribution in [3.05, 3.63) is 60.2 Å². The van der Waals surface area contributed by atoms with Gasteiger partial charge in [-0.3, -0.25) is 4.79 Å². The summed E-state index contributed by atoms with van der Waals surface area (Å²) in [5.41, 5.74) is 2.02. The number of thiazole rings is 1. The Morgan fingerprint density at radius 2 is 1.87 bits per heavy atom. The normalized spacial score (nSPS) is 15.5. The van der Waals surface area contributed by atoms with Crippen LogP contribution in [0.1, 0.15) is 23.7 Å². The number of nitrogens with zero attached hydrogens (tertiary/aromatic N) is 1. The summed E-state index contributed by atoms with van der Waals surface area (Å²) in [5, 5.41) is 2.87. The molecule has 0 radical (unpaired) electrons. The van der Waals surface area contributed by atoms with E-state index in [1.807, 2.05) is 48.5 Å². The minimum absolute atomic E-state index is 0.0861. The number of carbonyl (C=O) groups is 1. The summed E-state index contributed by atoms with van der Waals surface area (Å²) in [4.78, 5) is 17.3. The fourth-order valence-electron chi connectivity index (χ4n) is 2.41. The summed E-state index contributed by atoms with van der Waals surface area (Å²) >= 11 is 3.18. The molecule has 1 N–H and O–H groups in total. The Morgan fingerprint density at radius 3 is 2.61 bits per heavy atom. The minimum Gasteiger partial charge on any atom is -0.352 e. The van der Waals surface area contributed by atoms with E-state index in [1.54, 1.807) is 23.1 Å². The van der Waals surface area contributed by atoms with Gasteiger partial charge >= 0.3 is 0 Å². The molecule has 1 saturated carbocycles. The van der Waals surface area contributed by atoms with E-state index in [4.69, 9.17) is 0 Å². The van der Waals surface area contributed by atoms with Crippen LogP contribution >= 0.6 is 23.1 Å². The van der Waals surface area contributed by atoms with Gasteiger partial charge in [-0.1, -0.05) is 54.2 Å². The number of benzene rings is 2. The Morgan fingerprint density at radius 1 is 1.13 bits per heavy atom. The Kier molecular flexibility index (Phi) is 4.06. The van der Waals surface area contributed by atoms with Crippen LogP contribution in [0.25, 0.3) is 10.2 Å². The standard InChI is InChI=1S/C18H16N2OS2/c21-17(19-13-10-11-13)16(12-6-2-1-3-7-12)23-18-20-14-8-4-5-9-15(14)22-18/h1-9,13,16H,10-11H2,(H,19,21)/t16-/m0/s1. The van der Waals surface area contributed by atoms with Gasteiger partial charge in [0.1, 0.15) is 5.25 Å². The lowest BCUT2D eigenvalue weighted by Crippen LogP contribution is -2.29. The molecule has 2 aromatic carbocycles. The van der Waals surface area contributed by atoms with Crippen molar-refractivity contribution in [3.63, 3.8) is 0 Å². The minimum atomic E-state index is -0.252. The van der Waals surface area contributed by atoms with Crippen molar-refractivity contribution in [2.45, 2.75) is 28.5 Å². The Bertz CT molecular complexity index is 794. The van der Waals surface area contributed by atoms with Crippen molar-refractivity contribution < 1.29 is 4.79 Å². The maximum atomic E-state index is 12.7. The highest BCUT2D eigenvalue weighted by Gasteiger charge is 2.29. The number of nitrogens with one attached hydrogen (secondary N) is 1. The summed E-state index contributed by atoms with van der Waals surface area (Å²) in [6.45, 7) is 0. The largest absolute Gasteiger partial charge is 0.352 e. The molecule has 23 heavy (non-hydrogen) atoms. The number of hydrogen-bond donors (Lipinski definition) is 1.